The van der Waals surface area contributed by atoms with Crippen LogP contribution < -0.4 is 10.2 Å². The molecule has 0 saturated carbocycles. The Morgan fingerprint density at radius 3 is 2.60 bits per heavy atom. The molecule has 1 N–H and O–H groups in total. The molecular formula is C23H28N6O. The van der Waals surface area contributed by atoms with Crippen LogP contribution in [-0.2, 0) is 4.79 Å². The zero-order valence-corrected chi connectivity index (χ0v) is 17.6. The maximum absolute atomic E-state index is 11.6. The van der Waals surface area contributed by atoms with Gasteiger partial charge in [0.05, 0.1) is 12.1 Å². The van der Waals surface area contributed by atoms with Gasteiger partial charge in [-0.25, -0.2) is 9.97 Å². The quantitative estimate of drug-likeness (QED) is 0.681. The molecule has 0 aliphatic carbocycles. The minimum Gasteiger partial charge on any atom is -0.359 e. The van der Waals surface area contributed by atoms with Crippen molar-refractivity contribution in [2.45, 2.75) is 12.8 Å². The highest BCUT2D eigenvalue weighted by Gasteiger charge is 2.23. The van der Waals surface area contributed by atoms with Gasteiger partial charge < -0.3 is 10.2 Å². The molecule has 1 aliphatic rings. The Hall–Kier alpha value is -3.06. The van der Waals surface area contributed by atoms with Crippen LogP contribution in [0, 0.1) is 5.92 Å². The third-order valence-electron chi connectivity index (χ3n) is 5.77. The number of aromatic nitrogens is 3. The van der Waals surface area contributed by atoms with Gasteiger partial charge in [0, 0.05) is 44.0 Å². The highest BCUT2D eigenvalue weighted by atomic mass is 16.1. The molecule has 30 heavy (non-hydrogen) atoms. The van der Waals surface area contributed by atoms with Crippen LogP contribution in [0.3, 0.4) is 0 Å². The number of para-hydroxylation sites is 1. The van der Waals surface area contributed by atoms with Crippen molar-refractivity contribution >= 4 is 22.6 Å². The van der Waals surface area contributed by atoms with Gasteiger partial charge in [-0.1, -0.05) is 12.1 Å². The Morgan fingerprint density at radius 2 is 1.87 bits per heavy atom. The lowest BCUT2D eigenvalue weighted by molar-refractivity contribution is -0.122. The van der Waals surface area contributed by atoms with Crippen LogP contribution in [0.1, 0.15) is 12.8 Å². The van der Waals surface area contributed by atoms with Crippen molar-refractivity contribution in [3.8, 4) is 11.4 Å². The van der Waals surface area contributed by atoms with E-state index < -0.39 is 0 Å². The van der Waals surface area contributed by atoms with E-state index in [0.29, 0.717) is 12.5 Å². The zero-order chi connectivity index (χ0) is 20.9. The van der Waals surface area contributed by atoms with E-state index in [4.69, 9.17) is 9.97 Å². The van der Waals surface area contributed by atoms with E-state index in [9.17, 15) is 4.79 Å². The van der Waals surface area contributed by atoms with Gasteiger partial charge in [-0.3, -0.25) is 14.7 Å². The molecule has 1 aliphatic heterocycles. The number of anilines is 1. The van der Waals surface area contributed by atoms with Gasteiger partial charge in [0.15, 0.2) is 5.82 Å². The zero-order valence-electron chi connectivity index (χ0n) is 17.6. The van der Waals surface area contributed by atoms with Crippen LogP contribution in [0.4, 0.5) is 5.82 Å². The second kappa shape index (κ2) is 9.17. The summed E-state index contributed by atoms with van der Waals surface area (Å²) in [6.45, 7) is 3.34. The number of hydrogen-bond donors (Lipinski definition) is 1. The maximum atomic E-state index is 11.6. The fourth-order valence-electron chi connectivity index (χ4n) is 4.06. The molecule has 156 valence electrons. The average Bonchev–Trinajstić information content (AvgIpc) is 2.80. The van der Waals surface area contributed by atoms with Crippen molar-refractivity contribution in [3.63, 3.8) is 0 Å². The first-order valence-corrected chi connectivity index (χ1v) is 10.5. The molecule has 1 saturated heterocycles. The van der Waals surface area contributed by atoms with E-state index in [1.165, 1.54) is 0 Å². The molecule has 1 fully saturated rings. The molecule has 1 aromatic carbocycles. The molecule has 3 aromatic rings. The lowest BCUT2D eigenvalue weighted by Gasteiger charge is -2.34. The van der Waals surface area contributed by atoms with Gasteiger partial charge in [-0.15, -0.1) is 0 Å². The van der Waals surface area contributed by atoms with Crippen molar-refractivity contribution in [1.29, 1.82) is 0 Å². The predicted molar refractivity (Wildman–Crippen MR) is 119 cm³/mol. The lowest BCUT2D eigenvalue weighted by Crippen LogP contribution is -2.42. The summed E-state index contributed by atoms with van der Waals surface area (Å²) in [6.07, 6.45) is 5.71. The number of piperidine rings is 1. The van der Waals surface area contributed by atoms with Crippen molar-refractivity contribution < 1.29 is 4.79 Å². The number of likely N-dealkylation sites (tertiary alicyclic amines) is 1. The third-order valence-corrected chi connectivity index (χ3v) is 5.77. The summed E-state index contributed by atoms with van der Waals surface area (Å²) in [6, 6.07) is 12.1. The van der Waals surface area contributed by atoms with Crippen LogP contribution in [-0.4, -0.2) is 66.0 Å². The van der Waals surface area contributed by atoms with E-state index in [2.05, 4.69) is 33.2 Å². The number of amides is 1. The largest absolute Gasteiger partial charge is 0.359 e. The molecule has 0 unspecified atom stereocenters. The number of nitrogens with one attached hydrogen (secondary N) is 1. The van der Waals surface area contributed by atoms with Crippen LogP contribution in [0.15, 0.2) is 48.8 Å². The van der Waals surface area contributed by atoms with Gasteiger partial charge >= 0.3 is 0 Å². The molecule has 1 amide bonds. The maximum Gasteiger partial charge on any atom is 0.233 e. The number of pyridine rings is 1. The number of nitrogens with zero attached hydrogens (tertiary/aromatic N) is 5. The standard InChI is InChI=1S/C23H28N6O/c1-24-21(30)16-29-13-9-17(10-14-29)15-28(2)23-19-5-3-4-6-20(19)26-22(27-23)18-7-11-25-12-8-18/h3-8,11-12,17H,9-10,13-16H2,1-2H3,(H,24,30). The number of carbonyl (C=O) groups is 1. The average molecular weight is 405 g/mol. The smallest absolute Gasteiger partial charge is 0.233 e. The molecular weight excluding hydrogens is 376 g/mol. The summed E-state index contributed by atoms with van der Waals surface area (Å²) >= 11 is 0. The normalized spacial score (nSPS) is 15.3. The lowest BCUT2D eigenvalue weighted by atomic mass is 9.96. The second-order valence-electron chi connectivity index (χ2n) is 7.90. The number of fused-ring (bicyclic) bond motifs is 1. The highest BCUT2D eigenvalue weighted by molar-refractivity contribution is 5.91. The molecule has 3 heterocycles. The highest BCUT2D eigenvalue weighted by Crippen LogP contribution is 2.28. The number of likely N-dealkylation sites (N-methyl/N-ethyl adjacent to an activating group) is 1. The molecule has 0 bridgehead atoms. The fourth-order valence-corrected chi connectivity index (χ4v) is 4.06. The van der Waals surface area contributed by atoms with Crippen LogP contribution in [0.25, 0.3) is 22.3 Å². The van der Waals surface area contributed by atoms with Crippen molar-refractivity contribution in [3.05, 3.63) is 48.8 Å². The minimum atomic E-state index is 0.0849. The number of hydrogen-bond acceptors (Lipinski definition) is 6. The molecule has 4 rings (SSSR count). The molecule has 7 heteroatoms. The first kappa shape index (κ1) is 20.2. The van der Waals surface area contributed by atoms with E-state index in [0.717, 1.165) is 60.6 Å². The summed E-state index contributed by atoms with van der Waals surface area (Å²) in [7, 11) is 3.80. The fraction of sp³-hybridized carbons (Fsp3) is 0.391. The predicted octanol–water partition coefficient (Wildman–Crippen LogP) is 2.59. The van der Waals surface area contributed by atoms with Crippen molar-refractivity contribution in [1.82, 2.24) is 25.2 Å². The SMILES string of the molecule is CNC(=O)CN1CCC(CN(C)c2nc(-c3ccncc3)nc3ccccc23)CC1. The summed E-state index contributed by atoms with van der Waals surface area (Å²) < 4.78 is 0. The Kier molecular flexibility index (Phi) is 6.18. The van der Waals surface area contributed by atoms with E-state index in [1.807, 2.05) is 30.3 Å². The molecule has 0 spiro atoms. The summed E-state index contributed by atoms with van der Waals surface area (Å²) in [4.78, 5) is 29.9. The summed E-state index contributed by atoms with van der Waals surface area (Å²) in [5.74, 6) is 2.34. The molecule has 0 radical (unpaired) electrons. The van der Waals surface area contributed by atoms with Gasteiger partial charge in [0.2, 0.25) is 5.91 Å². The van der Waals surface area contributed by atoms with Crippen molar-refractivity contribution in [2.24, 2.45) is 5.92 Å². The van der Waals surface area contributed by atoms with Gasteiger partial charge in [0.1, 0.15) is 5.82 Å². The summed E-state index contributed by atoms with van der Waals surface area (Å²) in [5, 5.41) is 3.77. The topological polar surface area (TPSA) is 74.2 Å². The van der Waals surface area contributed by atoms with Gasteiger partial charge in [-0.05, 0) is 56.1 Å². The Morgan fingerprint density at radius 1 is 1.13 bits per heavy atom. The monoisotopic (exact) mass is 404 g/mol. The van der Waals surface area contributed by atoms with E-state index in [1.54, 1.807) is 19.4 Å². The Bertz CT molecular complexity index is 1000. The molecule has 2 aromatic heterocycles. The van der Waals surface area contributed by atoms with E-state index >= 15 is 0 Å². The van der Waals surface area contributed by atoms with Gasteiger partial charge in [0.25, 0.3) is 0 Å². The Balaban J connectivity index is 1.52. The Labute approximate surface area is 177 Å². The van der Waals surface area contributed by atoms with Crippen LogP contribution in [0.5, 0.6) is 0 Å². The minimum absolute atomic E-state index is 0.0849. The van der Waals surface area contributed by atoms with Crippen molar-refractivity contribution in [2.75, 3.05) is 45.2 Å². The number of benzene rings is 1. The number of carbonyl (C=O) groups excluding carboxylic acids is 1. The van der Waals surface area contributed by atoms with Gasteiger partial charge in [-0.2, -0.15) is 0 Å². The first-order chi connectivity index (χ1) is 14.6. The summed E-state index contributed by atoms with van der Waals surface area (Å²) in [5.41, 5.74) is 1.91. The first-order valence-electron chi connectivity index (χ1n) is 10.5. The molecule has 7 nitrogen and oxygen atoms in total. The molecule has 0 atom stereocenters. The van der Waals surface area contributed by atoms with Crippen LogP contribution >= 0.6 is 0 Å². The van der Waals surface area contributed by atoms with Crippen LogP contribution in [0.2, 0.25) is 0 Å². The second-order valence-corrected chi connectivity index (χ2v) is 7.90. The third kappa shape index (κ3) is 4.57. The van der Waals surface area contributed by atoms with E-state index in [-0.39, 0.29) is 5.91 Å². The number of rotatable bonds is 6.